The second-order valence-electron chi connectivity index (χ2n) is 12.2. The minimum absolute atomic E-state index is 0.730. The molecule has 0 aromatic heterocycles. The van der Waals surface area contributed by atoms with Crippen LogP contribution in [0.25, 0.3) is 0 Å². The molecule has 2 fully saturated rings. The molecule has 10 N–H and O–H groups in total. The summed E-state index contributed by atoms with van der Waals surface area (Å²) in [6.45, 7) is 0. The van der Waals surface area contributed by atoms with Gasteiger partial charge in [-0.2, -0.15) is 70.6 Å². The molecule has 304 valence electrons. The number of quaternary nitrogens is 4. The van der Waals surface area contributed by atoms with Crippen LogP contribution in [0.5, 0.6) is 0 Å². The smallest absolute Gasteiger partial charge is 0.0947 e. The predicted molar refractivity (Wildman–Crippen MR) is 275 cm³/mol. The number of nitrogens with two attached hydrogens (primary N) is 2. The van der Waals surface area contributed by atoms with Crippen molar-refractivity contribution in [2.75, 3.05) is 97.1 Å². The summed E-state index contributed by atoms with van der Waals surface area (Å²) in [6.07, 6.45) is 17.5. The van der Waals surface area contributed by atoms with Crippen molar-refractivity contribution < 1.29 is 18.5 Å². The van der Waals surface area contributed by atoms with Crippen LogP contribution in [0.4, 0.5) is 0 Å². The molecule has 0 spiro atoms. The van der Waals surface area contributed by atoms with E-state index in [1.807, 2.05) is 94.8 Å². The van der Waals surface area contributed by atoms with Crippen molar-refractivity contribution in [2.24, 2.45) is 17.8 Å². The molecule has 0 bridgehead atoms. The van der Waals surface area contributed by atoms with Gasteiger partial charge in [0.25, 0.3) is 0 Å². The maximum absolute atomic E-state index is 4.22. The monoisotopic (exact) mass is 1010 g/mol. The van der Waals surface area contributed by atoms with E-state index in [4.69, 9.17) is 0 Å². The van der Waals surface area contributed by atoms with Crippen LogP contribution in [-0.2, 0) is 0 Å². The van der Waals surface area contributed by atoms with Gasteiger partial charge in [0, 0.05) is 60.8 Å². The lowest BCUT2D eigenvalue weighted by Crippen LogP contribution is -2.66. The number of thioether (sulfide) groups is 10. The molecule has 2 aliphatic carbocycles. The van der Waals surface area contributed by atoms with E-state index in [-0.39, 0.29) is 0 Å². The Kier molecular flexibility index (Phi) is 38.4. The summed E-state index contributed by atoms with van der Waals surface area (Å²) in [7, 11) is 0. The van der Waals surface area contributed by atoms with Gasteiger partial charge < -0.3 is 0 Å². The first kappa shape index (κ1) is 52.6. The average molecular weight is 1010 g/mol. The zero-order valence-corrected chi connectivity index (χ0v) is 44.2. The van der Waals surface area contributed by atoms with E-state index in [1.54, 1.807) is 23.9 Å². The molecule has 0 radical (unpaired) electrons. The highest BCUT2D eigenvalue weighted by Gasteiger charge is 2.51. The Labute approximate surface area is 382 Å². The predicted octanol–water partition coefficient (Wildman–Crippen LogP) is 8.23. The summed E-state index contributed by atoms with van der Waals surface area (Å²) in [5, 5.41) is 16.9. The Morgan fingerprint density at radius 3 is 1.75 bits per heavy atom. The molecule has 0 amide bonds. The fraction of sp³-hybridized carbons (Fsp3) is 1.00. The van der Waals surface area contributed by atoms with Crippen LogP contribution in [0.15, 0.2) is 0 Å². The summed E-state index contributed by atoms with van der Waals surface area (Å²) in [6, 6.07) is 0. The quantitative estimate of drug-likeness (QED) is 0.0306. The third kappa shape index (κ3) is 24.5. The molecule has 8 unspecified atom stereocenters. The van der Waals surface area contributed by atoms with Crippen molar-refractivity contribution in [3.63, 3.8) is 0 Å². The highest BCUT2D eigenvalue weighted by Crippen LogP contribution is 2.55. The zero-order chi connectivity index (χ0) is 36.8. The topological polar surface area (TPSA) is 88.5 Å². The molecular formula is C31H68N4S16+4. The second kappa shape index (κ2) is 37.2. The molecule has 8 atom stereocenters. The highest BCUT2D eigenvalue weighted by atomic mass is 32.3. The molecule has 2 aliphatic rings. The van der Waals surface area contributed by atoms with Gasteiger partial charge in [0.1, 0.15) is 0 Å². The minimum atomic E-state index is 0.730. The van der Waals surface area contributed by atoms with E-state index >= 15 is 0 Å². The van der Waals surface area contributed by atoms with Gasteiger partial charge >= 0.3 is 0 Å². The minimum Gasteiger partial charge on any atom is -0.295 e. The molecule has 0 saturated heterocycles. The molecule has 2 rings (SSSR count). The van der Waals surface area contributed by atoms with Crippen LogP contribution in [0.1, 0.15) is 38.5 Å². The number of hydrogen-bond donors (Lipinski definition) is 4. The SMILES string of the molecule is CSCCSC1CCC(CSCCS[NH2+]SCSC)CCC2C(CC(SCCSC)C(SCS[NH3+])C1)C(SCS[NH3+])C2SCCS[NH2+]SCSC. The first-order valence-electron chi connectivity index (χ1n) is 17.6. The third-order valence-corrected chi connectivity index (χ3v) is 27.2. The summed E-state index contributed by atoms with van der Waals surface area (Å²) in [5.74, 6) is 14.2. The molecule has 0 heterocycles. The molecule has 20 heteroatoms. The van der Waals surface area contributed by atoms with Gasteiger partial charge in [0.15, 0.2) is 0 Å². The van der Waals surface area contributed by atoms with Gasteiger partial charge in [-0.05, 0) is 87.1 Å². The molecule has 0 aromatic carbocycles. The van der Waals surface area contributed by atoms with Gasteiger partial charge in [0.2, 0.25) is 0 Å². The van der Waals surface area contributed by atoms with Gasteiger partial charge in [-0.3, -0.25) is 10.3 Å². The molecule has 4 nitrogen and oxygen atoms in total. The van der Waals surface area contributed by atoms with Gasteiger partial charge in [0.05, 0.1) is 104 Å². The third-order valence-electron chi connectivity index (χ3n) is 8.76. The van der Waals surface area contributed by atoms with E-state index in [2.05, 4.69) is 114 Å². The molecule has 2 saturated carbocycles. The van der Waals surface area contributed by atoms with Gasteiger partial charge in [-0.25, -0.2) is 8.25 Å². The van der Waals surface area contributed by atoms with Crippen molar-refractivity contribution >= 4 is 189 Å². The molecule has 51 heavy (non-hydrogen) atoms. The first-order valence-corrected chi connectivity index (χ1v) is 36.1. The summed E-state index contributed by atoms with van der Waals surface area (Å²) >= 11 is 33.2. The molecular weight excluding hydrogens is 941 g/mol. The Balaban J connectivity index is 2.27. The highest BCUT2D eigenvalue weighted by molar-refractivity contribution is 8.16. The number of fused-ring (bicyclic) bond motifs is 1. The average Bonchev–Trinajstić information content (AvgIpc) is 3.13. The normalized spacial score (nSPS) is 27.4. The van der Waals surface area contributed by atoms with Crippen LogP contribution in [-0.4, -0.2) is 123 Å². The van der Waals surface area contributed by atoms with E-state index in [0.717, 1.165) is 54.2 Å². The Hall–Kier alpha value is 5.44. The van der Waals surface area contributed by atoms with E-state index < -0.39 is 0 Å². The van der Waals surface area contributed by atoms with Gasteiger partial charge in [-0.1, -0.05) is 0 Å². The largest absolute Gasteiger partial charge is 0.295 e. The summed E-state index contributed by atoms with van der Waals surface area (Å²) < 4.78 is 4.75. The summed E-state index contributed by atoms with van der Waals surface area (Å²) in [5.41, 5.74) is 0. The maximum atomic E-state index is 4.22. The van der Waals surface area contributed by atoms with Gasteiger partial charge in [-0.15, -0.1) is 47.0 Å². The van der Waals surface area contributed by atoms with Crippen molar-refractivity contribution in [3.8, 4) is 0 Å². The lowest BCUT2D eigenvalue weighted by atomic mass is 9.67. The van der Waals surface area contributed by atoms with E-state index in [0.29, 0.717) is 0 Å². The van der Waals surface area contributed by atoms with Crippen molar-refractivity contribution in [2.45, 2.75) is 64.8 Å². The lowest BCUT2D eigenvalue weighted by molar-refractivity contribution is -0.267. The Morgan fingerprint density at radius 1 is 0.490 bits per heavy atom. The van der Waals surface area contributed by atoms with Crippen LogP contribution >= 0.6 is 189 Å². The van der Waals surface area contributed by atoms with Crippen molar-refractivity contribution in [1.29, 1.82) is 0 Å². The summed E-state index contributed by atoms with van der Waals surface area (Å²) in [4.78, 5) is 0. The van der Waals surface area contributed by atoms with E-state index in [1.165, 1.54) is 100 Å². The van der Waals surface area contributed by atoms with Crippen LogP contribution in [0.3, 0.4) is 0 Å². The zero-order valence-electron chi connectivity index (χ0n) is 31.2. The van der Waals surface area contributed by atoms with Crippen LogP contribution in [0, 0.1) is 17.8 Å². The lowest BCUT2D eigenvalue weighted by Gasteiger charge is -2.53. The second-order valence-corrected chi connectivity index (χ2v) is 30.6. The molecule has 0 aromatic rings. The maximum Gasteiger partial charge on any atom is 0.0947 e. The first-order chi connectivity index (χ1) is 25.1. The standard InChI is InChI=1S/C31H64N4S16/c1-36-9-12-41-25-7-5-24(19-40-11-15-48-34-50-20-38-3)6-8-26-27(18-29(42-13-10-37-2)28(17-25)44-22-46-32)31(45-23-47-33)30(26)43-14-16-49-35-51-21-39-4/h24-31,34-35H,5-23,32-33H2,1-4H3/p+4. The number of rotatable bonds is 31. The Morgan fingerprint density at radius 2 is 1.08 bits per heavy atom. The van der Waals surface area contributed by atoms with Crippen LogP contribution < -0.4 is 18.5 Å². The van der Waals surface area contributed by atoms with E-state index in [9.17, 15) is 0 Å². The fourth-order valence-corrected chi connectivity index (χ4v) is 23.0. The van der Waals surface area contributed by atoms with Crippen LogP contribution in [0.2, 0.25) is 0 Å². The molecule has 0 aliphatic heterocycles. The number of hydrogen-bond acceptors (Lipinski definition) is 16. The fourth-order valence-electron chi connectivity index (χ4n) is 6.38. The Bertz CT molecular complexity index is 787. The van der Waals surface area contributed by atoms with Crippen molar-refractivity contribution in [3.05, 3.63) is 0 Å². The van der Waals surface area contributed by atoms with Crippen molar-refractivity contribution in [1.82, 2.24) is 0 Å².